The summed E-state index contributed by atoms with van der Waals surface area (Å²) in [5.41, 5.74) is -0.612. The molecule has 1 aromatic heterocycles. The Hall–Kier alpha value is -3.01. The summed E-state index contributed by atoms with van der Waals surface area (Å²) >= 11 is 0. The molecule has 4 nitrogen and oxygen atoms in total. The van der Waals surface area contributed by atoms with Gasteiger partial charge in [0, 0.05) is 6.54 Å². The predicted octanol–water partition coefficient (Wildman–Crippen LogP) is 4.48. The van der Waals surface area contributed by atoms with E-state index in [4.69, 9.17) is 5.26 Å². The SMILES string of the molecule is CCCCn1c(=O)n(-c2ccc(C#N)c(C(F)(F)F)c2)c2ccccc21. The third kappa shape index (κ3) is 2.99. The molecule has 0 amide bonds. The molecule has 3 rings (SSSR count). The first kappa shape index (κ1) is 17.8. The van der Waals surface area contributed by atoms with Gasteiger partial charge in [0.05, 0.1) is 33.9 Å². The van der Waals surface area contributed by atoms with Gasteiger partial charge in [-0.25, -0.2) is 4.79 Å². The van der Waals surface area contributed by atoms with E-state index in [1.54, 1.807) is 34.9 Å². The maximum atomic E-state index is 13.3. The van der Waals surface area contributed by atoms with E-state index in [0.717, 1.165) is 25.0 Å². The fraction of sp³-hybridized carbons (Fsp3) is 0.263. The van der Waals surface area contributed by atoms with E-state index >= 15 is 0 Å². The van der Waals surface area contributed by atoms with Crippen molar-refractivity contribution in [2.45, 2.75) is 32.5 Å². The van der Waals surface area contributed by atoms with Gasteiger partial charge >= 0.3 is 11.9 Å². The molecule has 0 radical (unpaired) electrons. The van der Waals surface area contributed by atoms with Crippen LogP contribution >= 0.6 is 0 Å². The van der Waals surface area contributed by atoms with Gasteiger partial charge in [-0.05, 0) is 36.8 Å². The summed E-state index contributed by atoms with van der Waals surface area (Å²) in [5.74, 6) is 0. The maximum Gasteiger partial charge on any atom is 0.417 e. The lowest BCUT2D eigenvalue weighted by molar-refractivity contribution is -0.137. The second kappa shape index (κ2) is 6.71. The topological polar surface area (TPSA) is 50.7 Å². The molecule has 134 valence electrons. The lowest BCUT2D eigenvalue weighted by Gasteiger charge is -2.11. The van der Waals surface area contributed by atoms with Gasteiger partial charge in [-0.15, -0.1) is 0 Å². The van der Waals surface area contributed by atoms with Crippen molar-refractivity contribution in [1.29, 1.82) is 5.26 Å². The average Bonchev–Trinajstić information content (AvgIpc) is 2.90. The minimum absolute atomic E-state index is 0.0905. The van der Waals surface area contributed by atoms with Crippen LogP contribution in [0.1, 0.15) is 30.9 Å². The van der Waals surface area contributed by atoms with Gasteiger partial charge in [-0.3, -0.25) is 9.13 Å². The molecule has 0 bridgehead atoms. The van der Waals surface area contributed by atoms with Gasteiger partial charge < -0.3 is 0 Å². The highest BCUT2D eigenvalue weighted by atomic mass is 19.4. The molecule has 0 aliphatic carbocycles. The molecule has 0 N–H and O–H groups in total. The summed E-state index contributed by atoms with van der Waals surface area (Å²) in [6.45, 7) is 2.49. The molecule has 0 saturated carbocycles. The van der Waals surface area contributed by atoms with Crippen LogP contribution in [0.15, 0.2) is 47.3 Å². The highest BCUT2D eigenvalue weighted by molar-refractivity contribution is 5.78. The van der Waals surface area contributed by atoms with E-state index in [1.807, 2.05) is 6.92 Å². The molecule has 0 unspecified atom stereocenters. The zero-order valence-electron chi connectivity index (χ0n) is 14.0. The number of hydrogen-bond acceptors (Lipinski definition) is 2. The fourth-order valence-electron chi connectivity index (χ4n) is 2.99. The molecule has 1 heterocycles. The lowest BCUT2D eigenvalue weighted by Crippen LogP contribution is -2.23. The summed E-state index contributed by atoms with van der Waals surface area (Å²) in [5, 5.41) is 8.95. The molecule has 26 heavy (non-hydrogen) atoms. The molecule has 0 atom stereocenters. The second-order valence-electron chi connectivity index (χ2n) is 5.95. The second-order valence-corrected chi connectivity index (χ2v) is 5.95. The standard InChI is InChI=1S/C19H16F3N3O/c1-2-3-10-24-16-6-4-5-7-17(16)25(18(24)26)14-9-8-13(12-23)15(11-14)19(20,21)22/h4-9,11H,2-3,10H2,1H3. The third-order valence-electron chi connectivity index (χ3n) is 4.26. The Morgan fingerprint density at radius 1 is 1.12 bits per heavy atom. The number of aryl methyl sites for hydroxylation is 1. The average molecular weight is 359 g/mol. The molecule has 0 aliphatic heterocycles. The zero-order chi connectivity index (χ0) is 18.9. The molecule has 0 spiro atoms. The summed E-state index contributed by atoms with van der Waals surface area (Å²) in [4.78, 5) is 12.9. The number of rotatable bonds is 4. The fourth-order valence-corrected chi connectivity index (χ4v) is 2.99. The van der Waals surface area contributed by atoms with Crippen LogP contribution in [0.25, 0.3) is 16.7 Å². The first-order valence-corrected chi connectivity index (χ1v) is 8.20. The smallest absolute Gasteiger partial charge is 0.292 e. The number of fused-ring (bicyclic) bond motifs is 1. The Morgan fingerprint density at radius 2 is 1.81 bits per heavy atom. The summed E-state index contributed by atoms with van der Waals surface area (Å²) in [6.07, 6.45) is -3.00. The lowest BCUT2D eigenvalue weighted by atomic mass is 10.1. The zero-order valence-corrected chi connectivity index (χ0v) is 14.0. The first-order chi connectivity index (χ1) is 12.4. The van der Waals surface area contributed by atoms with Crippen LogP contribution in [0.2, 0.25) is 0 Å². The molecule has 3 aromatic rings. The van der Waals surface area contributed by atoms with Crippen molar-refractivity contribution in [1.82, 2.24) is 9.13 Å². The van der Waals surface area contributed by atoms with Crippen LogP contribution < -0.4 is 5.69 Å². The van der Waals surface area contributed by atoms with Gasteiger partial charge in [0.2, 0.25) is 0 Å². The van der Waals surface area contributed by atoms with Crippen molar-refractivity contribution in [3.05, 3.63) is 64.1 Å². The highest BCUT2D eigenvalue weighted by Crippen LogP contribution is 2.33. The van der Waals surface area contributed by atoms with Gasteiger partial charge in [0.25, 0.3) is 0 Å². The van der Waals surface area contributed by atoms with E-state index in [1.165, 1.54) is 10.6 Å². The Morgan fingerprint density at radius 3 is 2.42 bits per heavy atom. The van der Waals surface area contributed by atoms with Crippen molar-refractivity contribution in [2.75, 3.05) is 0 Å². The van der Waals surface area contributed by atoms with Crippen LogP contribution in [0, 0.1) is 11.3 Å². The quantitative estimate of drug-likeness (QED) is 0.689. The first-order valence-electron chi connectivity index (χ1n) is 8.20. The van der Waals surface area contributed by atoms with Crippen molar-refractivity contribution in [3.63, 3.8) is 0 Å². The summed E-state index contributed by atoms with van der Waals surface area (Å²) in [7, 11) is 0. The number of nitriles is 1. The molecule has 0 saturated heterocycles. The van der Waals surface area contributed by atoms with Gasteiger partial charge in [-0.1, -0.05) is 25.5 Å². The third-order valence-corrected chi connectivity index (χ3v) is 4.26. The van der Waals surface area contributed by atoms with Gasteiger partial charge in [0.15, 0.2) is 0 Å². The summed E-state index contributed by atoms with van der Waals surface area (Å²) < 4.78 is 42.7. The summed E-state index contributed by atoms with van der Waals surface area (Å²) in [6, 6.07) is 11.9. The number of aromatic nitrogens is 2. The van der Waals surface area contributed by atoms with Crippen molar-refractivity contribution >= 4 is 11.0 Å². The van der Waals surface area contributed by atoms with E-state index in [2.05, 4.69) is 0 Å². The molecular weight excluding hydrogens is 343 g/mol. The normalized spacial score (nSPS) is 11.7. The van der Waals surface area contributed by atoms with Crippen LogP contribution in [0.5, 0.6) is 0 Å². The number of halogens is 3. The Balaban J connectivity index is 2.29. The number of benzene rings is 2. The van der Waals surface area contributed by atoms with Crippen LogP contribution in [-0.2, 0) is 12.7 Å². The number of hydrogen-bond donors (Lipinski definition) is 0. The number of alkyl halides is 3. The van der Waals surface area contributed by atoms with Crippen molar-refractivity contribution < 1.29 is 13.2 Å². The molecular formula is C19H16F3N3O. The van der Waals surface area contributed by atoms with E-state index < -0.39 is 23.0 Å². The number of para-hydroxylation sites is 2. The Bertz CT molecular complexity index is 1050. The maximum absolute atomic E-state index is 13.3. The van der Waals surface area contributed by atoms with E-state index in [0.29, 0.717) is 17.6 Å². The van der Waals surface area contributed by atoms with Crippen LogP contribution in [-0.4, -0.2) is 9.13 Å². The van der Waals surface area contributed by atoms with Gasteiger partial charge in [-0.2, -0.15) is 18.4 Å². The monoisotopic (exact) mass is 359 g/mol. The molecule has 7 heteroatoms. The van der Waals surface area contributed by atoms with E-state index in [9.17, 15) is 18.0 Å². The Labute approximate surface area is 147 Å². The Kier molecular flexibility index (Phi) is 4.60. The van der Waals surface area contributed by atoms with Crippen molar-refractivity contribution in [3.8, 4) is 11.8 Å². The predicted molar refractivity (Wildman–Crippen MR) is 92.2 cm³/mol. The van der Waals surface area contributed by atoms with Crippen LogP contribution in [0.4, 0.5) is 13.2 Å². The molecule has 0 aliphatic rings. The van der Waals surface area contributed by atoms with Gasteiger partial charge in [0.1, 0.15) is 0 Å². The minimum Gasteiger partial charge on any atom is -0.292 e. The number of unbranched alkanes of at least 4 members (excludes halogenated alkanes) is 1. The molecule has 2 aromatic carbocycles. The van der Waals surface area contributed by atoms with Crippen molar-refractivity contribution in [2.24, 2.45) is 0 Å². The van der Waals surface area contributed by atoms with E-state index in [-0.39, 0.29) is 5.69 Å². The minimum atomic E-state index is -4.68. The highest BCUT2D eigenvalue weighted by Gasteiger charge is 2.34. The molecule has 0 fully saturated rings. The largest absolute Gasteiger partial charge is 0.417 e. The number of imidazole rings is 1. The van der Waals surface area contributed by atoms with Crippen LogP contribution in [0.3, 0.4) is 0 Å². The number of nitrogens with zero attached hydrogens (tertiary/aromatic N) is 3.